The van der Waals surface area contributed by atoms with Crippen LogP contribution in [0.3, 0.4) is 0 Å². The Morgan fingerprint density at radius 2 is 1.87 bits per heavy atom. The van der Waals surface area contributed by atoms with Crippen LogP contribution in [-0.2, 0) is 6.42 Å². The molecule has 0 radical (unpaired) electrons. The largest absolute Gasteiger partial charge is 0.390 e. The second kappa shape index (κ2) is 4.33. The average Bonchev–Trinajstić information content (AvgIpc) is 2.09. The molecule has 0 heterocycles. The number of rotatable bonds is 3. The Bertz CT molecular complexity index is 337. The summed E-state index contributed by atoms with van der Waals surface area (Å²) in [6.45, 7) is 7.30. The first-order valence-corrected chi connectivity index (χ1v) is 5.27. The molecule has 0 bridgehead atoms. The van der Waals surface area contributed by atoms with Crippen molar-refractivity contribution < 1.29 is 10.2 Å². The Hall–Kier alpha value is -0.860. The van der Waals surface area contributed by atoms with Crippen LogP contribution in [0.25, 0.3) is 0 Å². The minimum absolute atomic E-state index is 0.497. The molecule has 0 aliphatic carbocycles. The molecule has 84 valence electrons. The second-order valence-electron chi connectivity index (χ2n) is 4.80. The normalized spacial score (nSPS) is 14.0. The fourth-order valence-electron chi connectivity index (χ4n) is 1.48. The molecular weight excluding hydrogens is 188 g/mol. The molecule has 2 nitrogen and oxygen atoms in total. The summed E-state index contributed by atoms with van der Waals surface area (Å²) in [5.74, 6) is 0. The van der Waals surface area contributed by atoms with Crippen molar-refractivity contribution in [1.82, 2.24) is 0 Å². The standard InChI is InChI=1S/C13H20O2/c1-9-5-6-10(2)11(7-9)8-12(14)13(3,4)15/h5-7,12,14-15H,8H2,1-4H3. The lowest BCUT2D eigenvalue weighted by Gasteiger charge is -2.25. The van der Waals surface area contributed by atoms with Gasteiger partial charge in [0.15, 0.2) is 0 Å². The predicted octanol–water partition coefficient (Wildman–Crippen LogP) is 1.98. The molecule has 2 heteroatoms. The maximum Gasteiger partial charge on any atom is 0.0862 e. The first kappa shape index (κ1) is 12.2. The molecule has 1 rings (SSSR count). The van der Waals surface area contributed by atoms with E-state index >= 15 is 0 Å². The molecule has 0 fully saturated rings. The van der Waals surface area contributed by atoms with Crippen molar-refractivity contribution in [1.29, 1.82) is 0 Å². The molecule has 0 amide bonds. The molecule has 0 spiro atoms. The lowest BCUT2D eigenvalue weighted by atomic mass is 9.92. The van der Waals surface area contributed by atoms with Gasteiger partial charge in [0.25, 0.3) is 0 Å². The lowest BCUT2D eigenvalue weighted by molar-refractivity contribution is -0.0470. The molecule has 2 N–H and O–H groups in total. The minimum atomic E-state index is -1.05. The summed E-state index contributed by atoms with van der Waals surface area (Å²) in [6, 6.07) is 6.15. The van der Waals surface area contributed by atoms with Gasteiger partial charge >= 0.3 is 0 Å². The van der Waals surface area contributed by atoms with Gasteiger partial charge in [-0.25, -0.2) is 0 Å². The van der Waals surface area contributed by atoms with Gasteiger partial charge in [0, 0.05) is 6.42 Å². The summed E-state index contributed by atoms with van der Waals surface area (Å²) in [5, 5.41) is 19.5. The topological polar surface area (TPSA) is 40.5 Å². The van der Waals surface area contributed by atoms with E-state index in [-0.39, 0.29) is 0 Å². The first-order chi connectivity index (χ1) is 6.80. The first-order valence-electron chi connectivity index (χ1n) is 5.27. The van der Waals surface area contributed by atoms with Crippen LogP contribution in [-0.4, -0.2) is 21.9 Å². The van der Waals surface area contributed by atoms with Crippen LogP contribution in [0.15, 0.2) is 18.2 Å². The van der Waals surface area contributed by atoms with Gasteiger partial charge in [0.2, 0.25) is 0 Å². The Kier molecular flexibility index (Phi) is 3.53. The van der Waals surface area contributed by atoms with E-state index in [1.165, 1.54) is 5.56 Å². The van der Waals surface area contributed by atoms with Gasteiger partial charge in [0.05, 0.1) is 11.7 Å². The fraction of sp³-hybridized carbons (Fsp3) is 0.538. The molecule has 1 atom stereocenters. The van der Waals surface area contributed by atoms with E-state index in [0.29, 0.717) is 6.42 Å². The molecule has 0 aliphatic rings. The van der Waals surface area contributed by atoms with Crippen LogP contribution in [0, 0.1) is 13.8 Å². The minimum Gasteiger partial charge on any atom is -0.390 e. The van der Waals surface area contributed by atoms with Crippen molar-refractivity contribution in [3.8, 4) is 0 Å². The Labute approximate surface area is 91.6 Å². The van der Waals surface area contributed by atoms with Crippen molar-refractivity contribution in [3.05, 3.63) is 34.9 Å². The molecule has 1 aromatic carbocycles. The second-order valence-corrected chi connectivity index (χ2v) is 4.80. The number of aliphatic hydroxyl groups excluding tert-OH is 1. The summed E-state index contributed by atoms with van der Waals surface area (Å²) < 4.78 is 0. The van der Waals surface area contributed by atoms with Crippen molar-refractivity contribution in [3.63, 3.8) is 0 Å². The zero-order chi connectivity index (χ0) is 11.6. The van der Waals surface area contributed by atoms with E-state index in [0.717, 1.165) is 11.1 Å². The summed E-state index contributed by atoms with van der Waals surface area (Å²) in [5.41, 5.74) is 2.39. The number of aliphatic hydroxyl groups is 2. The Morgan fingerprint density at radius 3 is 2.40 bits per heavy atom. The van der Waals surface area contributed by atoms with E-state index in [9.17, 15) is 10.2 Å². The van der Waals surface area contributed by atoms with E-state index in [1.807, 2.05) is 19.9 Å². The molecule has 1 aromatic rings. The molecule has 15 heavy (non-hydrogen) atoms. The molecule has 0 aliphatic heterocycles. The van der Waals surface area contributed by atoms with Gasteiger partial charge in [0.1, 0.15) is 0 Å². The number of benzene rings is 1. The van der Waals surface area contributed by atoms with Crippen LogP contribution >= 0.6 is 0 Å². The van der Waals surface area contributed by atoms with Crippen molar-refractivity contribution in [2.45, 2.75) is 45.8 Å². The number of hydrogen-bond acceptors (Lipinski definition) is 2. The molecule has 0 saturated heterocycles. The van der Waals surface area contributed by atoms with Crippen LogP contribution < -0.4 is 0 Å². The van der Waals surface area contributed by atoms with Crippen molar-refractivity contribution >= 4 is 0 Å². The Balaban J connectivity index is 2.85. The van der Waals surface area contributed by atoms with Crippen molar-refractivity contribution in [2.75, 3.05) is 0 Å². The summed E-state index contributed by atoms with van der Waals surface area (Å²) in [4.78, 5) is 0. The smallest absolute Gasteiger partial charge is 0.0862 e. The maximum absolute atomic E-state index is 9.80. The molecule has 0 saturated carbocycles. The van der Waals surface area contributed by atoms with Crippen LogP contribution in [0.4, 0.5) is 0 Å². The number of hydrogen-bond donors (Lipinski definition) is 2. The summed E-state index contributed by atoms with van der Waals surface area (Å²) in [7, 11) is 0. The third kappa shape index (κ3) is 3.33. The summed E-state index contributed by atoms with van der Waals surface area (Å²) in [6.07, 6.45) is -0.227. The van der Waals surface area contributed by atoms with Gasteiger partial charge < -0.3 is 10.2 Å². The van der Waals surface area contributed by atoms with Crippen LogP contribution in [0.2, 0.25) is 0 Å². The fourth-order valence-corrected chi connectivity index (χ4v) is 1.48. The molecular formula is C13H20O2. The molecule has 0 aromatic heterocycles. The van der Waals surface area contributed by atoms with Gasteiger partial charge in [-0.2, -0.15) is 0 Å². The monoisotopic (exact) mass is 208 g/mol. The maximum atomic E-state index is 9.80. The highest BCUT2D eigenvalue weighted by molar-refractivity contribution is 5.31. The summed E-state index contributed by atoms with van der Waals surface area (Å²) >= 11 is 0. The zero-order valence-electron chi connectivity index (χ0n) is 9.91. The highest BCUT2D eigenvalue weighted by Gasteiger charge is 2.24. The third-order valence-electron chi connectivity index (χ3n) is 2.73. The quantitative estimate of drug-likeness (QED) is 0.797. The van der Waals surface area contributed by atoms with Crippen LogP contribution in [0.1, 0.15) is 30.5 Å². The zero-order valence-corrected chi connectivity index (χ0v) is 9.91. The van der Waals surface area contributed by atoms with Gasteiger partial charge in [-0.1, -0.05) is 23.8 Å². The average molecular weight is 208 g/mol. The van der Waals surface area contributed by atoms with E-state index in [2.05, 4.69) is 12.1 Å². The van der Waals surface area contributed by atoms with Crippen LogP contribution in [0.5, 0.6) is 0 Å². The third-order valence-corrected chi connectivity index (χ3v) is 2.73. The highest BCUT2D eigenvalue weighted by Crippen LogP contribution is 2.18. The van der Waals surface area contributed by atoms with Gasteiger partial charge in [-0.15, -0.1) is 0 Å². The van der Waals surface area contributed by atoms with Gasteiger partial charge in [-0.3, -0.25) is 0 Å². The lowest BCUT2D eigenvalue weighted by Crippen LogP contribution is -2.37. The molecule has 1 unspecified atom stereocenters. The SMILES string of the molecule is Cc1ccc(C)c(CC(O)C(C)(C)O)c1. The van der Waals surface area contributed by atoms with E-state index in [1.54, 1.807) is 13.8 Å². The highest BCUT2D eigenvalue weighted by atomic mass is 16.3. The predicted molar refractivity (Wildman–Crippen MR) is 61.9 cm³/mol. The van der Waals surface area contributed by atoms with E-state index in [4.69, 9.17) is 0 Å². The van der Waals surface area contributed by atoms with Gasteiger partial charge in [-0.05, 0) is 38.8 Å². The number of aryl methyl sites for hydroxylation is 2. The van der Waals surface area contributed by atoms with Crippen molar-refractivity contribution in [2.24, 2.45) is 0 Å². The van der Waals surface area contributed by atoms with E-state index < -0.39 is 11.7 Å². The Morgan fingerprint density at radius 1 is 1.27 bits per heavy atom.